The number of benzene rings is 3. The van der Waals surface area contributed by atoms with E-state index in [9.17, 15) is 14.7 Å². The maximum absolute atomic E-state index is 12.5. The normalized spacial score (nSPS) is 11.7. The molecule has 34 heavy (non-hydrogen) atoms. The molecule has 4 aromatic rings. The Morgan fingerprint density at radius 3 is 2.50 bits per heavy atom. The summed E-state index contributed by atoms with van der Waals surface area (Å²) >= 11 is 0. The molecule has 174 valence electrons. The number of hydrogen-bond acceptors (Lipinski definition) is 6. The smallest absolute Gasteiger partial charge is 0.344 e. The van der Waals surface area contributed by atoms with Crippen molar-refractivity contribution in [2.75, 3.05) is 20.3 Å². The number of amides is 1. The molecule has 1 atom stereocenters. The van der Waals surface area contributed by atoms with Crippen LogP contribution in [0.1, 0.15) is 5.56 Å². The molecule has 0 saturated heterocycles. The Balaban J connectivity index is 1.39. The highest BCUT2D eigenvalue weighted by Crippen LogP contribution is 2.28. The lowest BCUT2D eigenvalue weighted by atomic mass is 10.1. The van der Waals surface area contributed by atoms with Gasteiger partial charge in [-0.15, -0.1) is 0 Å². The number of aliphatic hydroxyl groups excluding tert-OH is 1. The molecule has 1 aromatic heterocycles. The predicted molar refractivity (Wildman–Crippen MR) is 129 cm³/mol. The minimum Gasteiger partial charge on any atom is -0.493 e. The van der Waals surface area contributed by atoms with E-state index in [1.165, 1.54) is 7.11 Å². The number of ether oxygens (including phenoxy) is 2. The lowest BCUT2D eigenvalue weighted by Crippen LogP contribution is -2.41. The summed E-state index contributed by atoms with van der Waals surface area (Å²) in [5, 5.41) is 13.1. The number of methoxy groups -OCH3 is 1. The van der Waals surface area contributed by atoms with Crippen LogP contribution in [-0.2, 0) is 11.2 Å². The summed E-state index contributed by atoms with van der Waals surface area (Å²) in [6.45, 7) is -0.363. The number of aliphatic hydroxyl groups is 1. The number of rotatable bonds is 9. The van der Waals surface area contributed by atoms with Gasteiger partial charge in [-0.2, -0.15) is 0 Å². The minimum atomic E-state index is -0.474. The van der Waals surface area contributed by atoms with Gasteiger partial charge in [-0.1, -0.05) is 54.6 Å². The summed E-state index contributed by atoms with van der Waals surface area (Å²) in [5.74, 6) is 0.646. The molecule has 7 heteroatoms. The first-order chi connectivity index (χ1) is 16.6. The number of fused-ring (bicyclic) bond motifs is 1. The molecule has 0 fully saturated rings. The third-order valence-corrected chi connectivity index (χ3v) is 5.39. The fourth-order valence-electron chi connectivity index (χ4n) is 3.69. The first kappa shape index (κ1) is 23.1. The van der Waals surface area contributed by atoms with Crippen LogP contribution < -0.4 is 20.4 Å². The molecule has 2 N–H and O–H groups in total. The van der Waals surface area contributed by atoms with Gasteiger partial charge in [0.2, 0.25) is 0 Å². The van der Waals surface area contributed by atoms with E-state index in [-0.39, 0.29) is 19.1 Å². The van der Waals surface area contributed by atoms with Crippen LogP contribution in [0.25, 0.3) is 22.1 Å². The van der Waals surface area contributed by atoms with Crippen molar-refractivity contribution >= 4 is 16.9 Å². The van der Waals surface area contributed by atoms with Crippen LogP contribution in [-0.4, -0.2) is 37.4 Å². The number of hydrogen-bond donors (Lipinski definition) is 2. The molecule has 0 saturated carbocycles. The maximum atomic E-state index is 12.5. The van der Waals surface area contributed by atoms with Gasteiger partial charge in [-0.05, 0) is 41.8 Å². The Hall–Kier alpha value is -4.10. The van der Waals surface area contributed by atoms with Gasteiger partial charge in [0.25, 0.3) is 5.91 Å². The van der Waals surface area contributed by atoms with Crippen LogP contribution in [0.5, 0.6) is 11.5 Å². The van der Waals surface area contributed by atoms with E-state index in [1.807, 2.05) is 42.5 Å². The second-order valence-corrected chi connectivity index (χ2v) is 7.78. The lowest BCUT2D eigenvalue weighted by molar-refractivity contribution is -0.124. The number of para-hydroxylation sites is 1. The van der Waals surface area contributed by atoms with Gasteiger partial charge < -0.3 is 24.3 Å². The zero-order valence-corrected chi connectivity index (χ0v) is 18.7. The Kier molecular flexibility index (Phi) is 7.25. The number of carbonyl (C=O) groups excluding carboxylic acids is 1. The summed E-state index contributed by atoms with van der Waals surface area (Å²) in [5.41, 5.74) is 2.03. The fourth-order valence-corrected chi connectivity index (χ4v) is 3.69. The van der Waals surface area contributed by atoms with Gasteiger partial charge in [-0.3, -0.25) is 4.79 Å². The zero-order valence-electron chi connectivity index (χ0n) is 18.7. The van der Waals surface area contributed by atoms with Crippen molar-refractivity contribution in [3.63, 3.8) is 0 Å². The molecule has 1 heterocycles. The van der Waals surface area contributed by atoms with Gasteiger partial charge in [-0.25, -0.2) is 4.79 Å². The molecule has 3 aromatic carbocycles. The number of nitrogens with one attached hydrogen (secondary N) is 1. The molecule has 4 rings (SSSR count). The van der Waals surface area contributed by atoms with Crippen LogP contribution in [0.3, 0.4) is 0 Å². The van der Waals surface area contributed by atoms with Crippen molar-refractivity contribution in [3.8, 4) is 22.6 Å². The highest BCUT2D eigenvalue weighted by atomic mass is 16.5. The standard InChI is InChI=1S/C27H25NO6/c1-32-24-9-5-8-20-15-23(27(31)34-26(20)24)19-10-12-22(13-11-19)33-17-25(30)28-21(16-29)14-18-6-3-2-4-7-18/h2-13,15,21,29H,14,16-17H2,1H3,(H,28,30)/t21-/m1/s1. The van der Waals surface area contributed by atoms with Crippen molar-refractivity contribution in [1.29, 1.82) is 0 Å². The summed E-state index contributed by atoms with van der Waals surface area (Å²) in [6.07, 6.45) is 0.526. The van der Waals surface area contributed by atoms with Gasteiger partial charge >= 0.3 is 5.63 Å². The Morgan fingerprint density at radius 1 is 1.03 bits per heavy atom. The summed E-state index contributed by atoms with van der Waals surface area (Å²) in [7, 11) is 1.52. The van der Waals surface area contributed by atoms with Crippen LogP contribution >= 0.6 is 0 Å². The predicted octanol–water partition coefficient (Wildman–Crippen LogP) is 3.57. The van der Waals surface area contributed by atoms with Crippen LogP contribution in [0, 0.1) is 0 Å². The summed E-state index contributed by atoms with van der Waals surface area (Å²) in [6, 6.07) is 23.2. The molecule has 0 aliphatic heterocycles. The Bertz CT molecular complexity index is 1310. The fraction of sp³-hybridized carbons (Fsp3) is 0.185. The third-order valence-electron chi connectivity index (χ3n) is 5.39. The number of carbonyl (C=O) groups is 1. The summed E-state index contributed by atoms with van der Waals surface area (Å²) in [4.78, 5) is 24.8. The highest BCUT2D eigenvalue weighted by molar-refractivity contribution is 5.86. The van der Waals surface area contributed by atoms with Crippen LogP contribution in [0.2, 0.25) is 0 Å². The minimum absolute atomic E-state index is 0.171. The van der Waals surface area contributed by atoms with Crippen molar-refractivity contribution < 1.29 is 23.8 Å². The second-order valence-electron chi connectivity index (χ2n) is 7.78. The highest BCUT2D eigenvalue weighted by Gasteiger charge is 2.14. The molecule has 0 aliphatic carbocycles. The van der Waals surface area contributed by atoms with Gasteiger partial charge in [0.15, 0.2) is 17.9 Å². The average Bonchev–Trinajstić information content (AvgIpc) is 2.87. The molecule has 0 spiro atoms. The molecule has 7 nitrogen and oxygen atoms in total. The Labute approximate surface area is 196 Å². The SMILES string of the molecule is COc1cccc2cc(-c3ccc(OCC(=O)N[C@@H](CO)Cc4ccccc4)cc3)c(=O)oc12. The van der Waals surface area contributed by atoms with Crippen molar-refractivity contribution in [2.24, 2.45) is 0 Å². The van der Waals surface area contributed by atoms with E-state index in [0.717, 1.165) is 10.9 Å². The molecule has 0 aliphatic rings. The average molecular weight is 459 g/mol. The van der Waals surface area contributed by atoms with E-state index in [4.69, 9.17) is 13.9 Å². The molecule has 1 amide bonds. The monoisotopic (exact) mass is 459 g/mol. The molecular formula is C27H25NO6. The van der Waals surface area contributed by atoms with E-state index >= 15 is 0 Å². The topological polar surface area (TPSA) is 98.0 Å². The second kappa shape index (κ2) is 10.7. The van der Waals surface area contributed by atoms with E-state index in [1.54, 1.807) is 36.4 Å². The first-order valence-electron chi connectivity index (χ1n) is 10.9. The lowest BCUT2D eigenvalue weighted by Gasteiger charge is -2.16. The first-order valence-corrected chi connectivity index (χ1v) is 10.9. The van der Waals surface area contributed by atoms with Crippen molar-refractivity contribution in [3.05, 3.63) is 94.8 Å². The van der Waals surface area contributed by atoms with Crippen LogP contribution in [0.4, 0.5) is 0 Å². The van der Waals surface area contributed by atoms with E-state index < -0.39 is 11.7 Å². The van der Waals surface area contributed by atoms with E-state index in [2.05, 4.69) is 5.32 Å². The quantitative estimate of drug-likeness (QED) is 0.372. The van der Waals surface area contributed by atoms with Crippen molar-refractivity contribution in [2.45, 2.75) is 12.5 Å². The third kappa shape index (κ3) is 5.44. The molecular weight excluding hydrogens is 434 g/mol. The zero-order chi connectivity index (χ0) is 23.9. The maximum Gasteiger partial charge on any atom is 0.344 e. The van der Waals surface area contributed by atoms with Gasteiger partial charge in [0.05, 0.1) is 25.3 Å². The van der Waals surface area contributed by atoms with Crippen LogP contribution in [0.15, 0.2) is 88.1 Å². The molecule has 0 bridgehead atoms. The summed E-state index contributed by atoms with van der Waals surface area (Å²) < 4.78 is 16.3. The van der Waals surface area contributed by atoms with Crippen molar-refractivity contribution in [1.82, 2.24) is 5.32 Å². The van der Waals surface area contributed by atoms with Gasteiger partial charge in [0.1, 0.15) is 5.75 Å². The van der Waals surface area contributed by atoms with E-state index in [0.29, 0.717) is 34.6 Å². The molecule has 0 radical (unpaired) electrons. The largest absolute Gasteiger partial charge is 0.493 e. The Morgan fingerprint density at radius 2 is 1.79 bits per heavy atom. The molecule has 0 unspecified atom stereocenters. The van der Waals surface area contributed by atoms with Gasteiger partial charge in [0, 0.05) is 5.39 Å².